The summed E-state index contributed by atoms with van der Waals surface area (Å²) in [5.41, 5.74) is 6.78. The Bertz CT molecular complexity index is 1680. The number of rotatable bonds is 8. The van der Waals surface area contributed by atoms with E-state index in [-0.39, 0.29) is 11.6 Å². The fourth-order valence-electron chi connectivity index (χ4n) is 4.01. The molecular weight excluding hydrogens is 522 g/mol. The van der Waals surface area contributed by atoms with Crippen molar-refractivity contribution in [1.82, 2.24) is 4.98 Å². The van der Waals surface area contributed by atoms with Crippen LogP contribution in [0.15, 0.2) is 125 Å². The number of methoxy groups -OCH3 is 1. The number of amides is 1. The SMILES string of the molecule is COc1ccc(-c2csc(N3N=C(c4ccccc4)/C(=N\Nc4ccc(Oc5ccccc5)cc4)C3=O)n2)cc1. The van der Waals surface area contributed by atoms with Crippen molar-refractivity contribution in [1.29, 1.82) is 0 Å². The molecule has 0 unspecified atom stereocenters. The Hall–Kier alpha value is -5.28. The highest BCUT2D eigenvalue weighted by atomic mass is 32.1. The highest BCUT2D eigenvalue weighted by molar-refractivity contribution is 7.14. The number of para-hydroxylation sites is 1. The molecule has 1 N–H and O–H groups in total. The second kappa shape index (κ2) is 11.2. The lowest BCUT2D eigenvalue weighted by Crippen LogP contribution is -2.28. The van der Waals surface area contributed by atoms with Gasteiger partial charge in [0, 0.05) is 16.5 Å². The van der Waals surface area contributed by atoms with Gasteiger partial charge in [0.15, 0.2) is 5.71 Å². The molecule has 1 aliphatic heterocycles. The minimum atomic E-state index is -0.369. The summed E-state index contributed by atoms with van der Waals surface area (Å²) in [5, 5.41) is 12.8. The summed E-state index contributed by atoms with van der Waals surface area (Å²) in [7, 11) is 1.63. The average molecular weight is 546 g/mol. The molecule has 1 aromatic heterocycles. The van der Waals surface area contributed by atoms with Crippen molar-refractivity contribution < 1.29 is 14.3 Å². The Balaban J connectivity index is 1.25. The van der Waals surface area contributed by atoms with Crippen molar-refractivity contribution in [3.05, 3.63) is 120 Å². The van der Waals surface area contributed by atoms with Crippen LogP contribution < -0.4 is 19.9 Å². The molecule has 196 valence electrons. The predicted molar refractivity (Wildman–Crippen MR) is 159 cm³/mol. The lowest BCUT2D eigenvalue weighted by molar-refractivity contribution is -0.112. The molecule has 6 rings (SSSR count). The molecule has 0 fully saturated rings. The summed E-state index contributed by atoms with van der Waals surface area (Å²) in [5.74, 6) is 1.83. The monoisotopic (exact) mass is 545 g/mol. The number of thiazole rings is 1. The first-order valence-corrected chi connectivity index (χ1v) is 13.3. The molecule has 0 radical (unpaired) electrons. The number of hydrogen-bond acceptors (Lipinski definition) is 8. The normalized spacial score (nSPS) is 13.8. The summed E-state index contributed by atoms with van der Waals surface area (Å²) in [6, 6.07) is 34.0. The zero-order valence-corrected chi connectivity index (χ0v) is 22.2. The van der Waals surface area contributed by atoms with Crippen molar-refractivity contribution in [3.63, 3.8) is 0 Å². The van der Waals surface area contributed by atoms with Crippen molar-refractivity contribution in [3.8, 4) is 28.5 Å². The van der Waals surface area contributed by atoms with Gasteiger partial charge in [-0.3, -0.25) is 10.2 Å². The van der Waals surface area contributed by atoms with Crippen LogP contribution >= 0.6 is 11.3 Å². The zero-order valence-electron chi connectivity index (χ0n) is 21.4. The Kier molecular flexibility index (Phi) is 7.02. The average Bonchev–Trinajstić information content (AvgIpc) is 3.62. The van der Waals surface area contributed by atoms with E-state index in [0.29, 0.717) is 22.3 Å². The maximum atomic E-state index is 13.6. The lowest BCUT2D eigenvalue weighted by Gasteiger charge is -2.08. The van der Waals surface area contributed by atoms with Gasteiger partial charge in [0.1, 0.15) is 23.0 Å². The molecule has 9 heteroatoms. The Labute approximate surface area is 234 Å². The molecule has 0 spiro atoms. The van der Waals surface area contributed by atoms with Crippen LogP contribution in [0.3, 0.4) is 0 Å². The van der Waals surface area contributed by atoms with Gasteiger partial charge in [-0.05, 0) is 60.7 Å². The minimum Gasteiger partial charge on any atom is -0.497 e. The van der Waals surface area contributed by atoms with Crippen LogP contribution in [0.2, 0.25) is 0 Å². The van der Waals surface area contributed by atoms with Gasteiger partial charge in [-0.25, -0.2) is 4.98 Å². The molecular formula is C31H23N5O3S. The summed E-state index contributed by atoms with van der Waals surface area (Å²) in [6.07, 6.45) is 0. The summed E-state index contributed by atoms with van der Waals surface area (Å²) in [4.78, 5) is 18.2. The number of nitrogens with zero attached hydrogens (tertiary/aromatic N) is 4. The van der Waals surface area contributed by atoms with E-state index >= 15 is 0 Å². The van der Waals surface area contributed by atoms with Gasteiger partial charge in [0.2, 0.25) is 5.13 Å². The number of nitrogens with one attached hydrogen (secondary N) is 1. The molecule has 1 aliphatic rings. The van der Waals surface area contributed by atoms with E-state index in [0.717, 1.165) is 28.3 Å². The molecule has 0 atom stereocenters. The number of aromatic nitrogens is 1. The van der Waals surface area contributed by atoms with Crippen LogP contribution in [-0.2, 0) is 4.79 Å². The van der Waals surface area contributed by atoms with E-state index < -0.39 is 0 Å². The number of carbonyl (C=O) groups is 1. The lowest BCUT2D eigenvalue weighted by atomic mass is 10.1. The van der Waals surface area contributed by atoms with Gasteiger partial charge < -0.3 is 9.47 Å². The molecule has 0 saturated carbocycles. The third kappa shape index (κ3) is 5.31. The Morgan fingerprint density at radius 2 is 1.43 bits per heavy atom. The number of hydrogen-bond donors (Lipinski definition) is 1. The first kappa shape index (κ1) is 25.0. The number of benzene rings is 4. The molecule has 0 saturated heterocycles. The topological polar surface area (TPSA) is 88.4 Å². The van der Waals surface area contributed by atoms with E-state index in [2.05, 4.69) is 20.6 Å². The van der Waals surface area contributed by atoms with Crippen LogP contribution in [0.25, 0.3) is 11.3 Å². The van der Waals surface area contributed by atoms with Crippen molar-refractivity contribution in [2.24, 2.45) is 10.2 Å². The van der Waals surface area contributed by atoms with Crippen LogP contribution in [0.1, 0.15) is 5.56 Å². The van der Waals surface area contributed by atoms with Gasteiger partial charge in [-0.2, -0.15) is 15.2 Å². The standard InChI is InChI=1S/C31H23N5O3S/c1-38-24-16-12-21(13-17-24)27-20-40-31(32-27)36-30(37)29(28(35-36)22-8-4-2-5-9-22)34-33-23-14-18-26(19-15-23)39-25-10-6-3-7-11-25/h2-20,33H,1H3/b34-29+. The fraction of sp³-hybridized carbons (Fsp3) is 0.0323. The first-order chi connectivity index (χ1) is 19.7. The van der Waals surface area contributed by atoms with Gasteiger partial charge in [0.25, 0.3) is 0 Å². The maximum absolute atomic E-state index is 13.6. The number of anilines is 2. The third-order valence-electron chi connectivity index (χ3n) is 6.06. The first-order valence-electron chi connectivity index (χ1n) is 12.4. The summed E-state index contributed by atoms with van der Waals surface area (Å²) < 4.78 is 11.1. The highest BCUT2D eigenvalue weighted by Gasteiger charge is 2.35. The molecule has 40 heavy (non-hydrogen) atoms. The molecule has 2 heterocycles. The molecule has 0 aliphatic carbocycles. The Morgan fingerprint density at radius 1 is 0.775 bits per heavy atom. The predicted octanol–water partition coefficient (Wildman–Crippen LogP) is 6.83. The summed E-state index contributed by atoms with van der Waals surface area (Å²) in [6.45, 7) is 0. The van der Waals surface area contributed by atoms with E-state index in [4.69, 9.17) is 9.47 Å². The van der Waals surface area contributed by atoms with E-state index in [9.17, 15) is 4.79 Å². The smallest absolute Gasteiger partial charge is 0.303 e. The van der Waals surface area contributed by atoms with Crippen LogP contribution in [0, 0.1) is 0 Å². The molecule has 8 nitrogen and oxygen atoms in total. The van der Waals surface area contributed by atoms with Gasteiger partial charge in [-0.15, -0.1) is 11.3 Å². The van der Waals surface area contributed by atoms with E-state index in [1.807, 2.05) is 115 Å². The van der Waals surface area contributed by atoms with E-state index in [1.54, 1.807) is 7.11 Å². The van der Waals surface area contributed by atoms with Gasteiger partial charge in [0.05, 0.1) is 18.5 Å². The van der Waals surface area contributed by atoms with Crippen molar-refractivity contribution in [2.45, 2.75) is 0 Å². The third-order valence-corrected chi connectivity index (χ3v) is 6.87. The van der Waals surface area contributed by atoms with Crippen LogP contribution in [0.5, 0.6) is 17.2 Å². The van der Waals surface area contributed by atoms with Crippen LogP contribution in [0.4, 0.5) is 10.8 Å². The van der Waals surface area contributed by atoms with Crippen LogP contribution in [-0.4, -0.2) is 29.4 Å². The zero-order chi connectivity index (χ0) is 27.3. The Morgan fingerprint density at radius 3 is 2.12 bits per heavy atom. The minimum absolute atomic E-state index is 0.192. The fourth-order valence-corrected chi connectivity index (χ4v) is 4.79. The highest BCUT2D eigenvalue weighted by Crippen LogP contribution is 2.31. The molecule has 0 bridgehead atoms. The van der Waals surface area contributed by atoms with Crippen molar-refractivity contribution >= 4 is 39.5 Å². The summed E-state index contributed by atoms with van der Waals surface area (Å²) >= 11 is 1.34. The van der Waals surface area contributed by atoms with E-state index in [1.165, 1.54) is 16.3 Å². The molecule has 1 amide bonds. The molecule has 5 aromatic rings. The number of hydrazone groups is 2. The molecule has 4 aromatic carbocycles. The second-order valence-corrected chi connectivity index (χ2v) is 9.52. The van der Waals surface area contributed by atoms with Gasteiger partial charge in [-0.1, -0.05) is 48.5 Å². The second-order valence-electron chi connectivity index (χ2n) is 8.69. The van der Waals surface area contributed by atoms with Gasteiger partial charge >= 0.3 is 5.91 Å². The largest absolute Gasteiger partial charge is 0.497 e. The quantitative estimate of drug-likeness (QED) is 0.216. The number of ether oxygens (including phenoxy) is 2. The van der Waals surface area contributed by atoms with Crippen molar-refractivity contribution in [2.75, 3.05) is 17.5 Å². The number of carbonyl (C=O) groups excluding carboxylic acids is 1. The maximum Gasteiger partial charge on any atom is 0.303 e.